The third kappa shape index (κ3) is 3.97. The predicted octanol–water partition coefficient (Wildman–Crippen LogP) is 4.47. The van der Waals surface area contributed by atoms with E-state index < -0.39 is 0 Å². The second-order valence-electron chi connectivity index (χ2n) is 5.28. The maximum atomic E-state index is 12.9. The Morgan fingerprint density at radius 3 is 2.42 bits per heavy atom. The van der Waals surface area contributed by atoms with Gasteiger partial charge in [0.2, 0.25) is 0 Å². The van der Waals surface area contributed by atoms with Crippen LogP contribution >= 0.6 is 11.6 Å². The first-order valence-electron chi connectivity index (χ1n) is 7.35. The van der Waals surface area contributed by atoms with E-state index in [-0.39, 0.29) is 11.7 Å². The quantitative estimate of drug-likeness (QED) is 0.761. The van der Waals surface area contributed by atoms with Gasteiger partial charge in [0.1, 0.15) is 5.82 Å². The lowest BCUT2D eigenvalue weighted by Gasteiger charge is -2.07. The van der Waals surface area contributed by atoms with Crippen LogP contribution in [0.1, 0.15) is 15.9 Å². The predicted molar refractivity (Wildman–Crippen MR) is 92.3 cm³/mol. The van der Waals surface area contributed by atoms with Crippen LogP contribution in [0.5, 0.6) is 0 Å². The van der Waals surface area contributed by atoms with Crippen LogP contribution < -0.4 is 5.32 Å². The number of nitrogens with zero attached hydrogens (tertiary/aromatic N) is 1. The Kier molecular flexibility index (Phi) is 4.87. The molecule has 120 valence electrons. The van der Waals surface area contributed by atoms with E-state index in [1.165, 1.54) is 18.3 Å². The van der Waals surface area contributed by atoms with Gasteiger partial charge >= 0.3 is 0 Å². The lowest BCUT2D eigenvalue weighted by atomic mass is 10.1. The molecular formula is C19H14ClFN2O. The van der Waals surface area contributed by atoms with E-state index in [1.807, 2.05) is 12.1 Å². The zero-order chi connectivity index (χ0) is 16.9. The molecule has 0 radical (unpaired) electrons. The summed E-state index contributed by atoms with van der Waals surface area (Å²) in [6.45, 7) is 0.324. The summed E-state index contributed by atoms with van der Waals surface area (Å²) in [5.74, 6) is -0.535. The topological polar surface area (TPSA) is 42.0 Å². The second-order valence-corrected chi connectivity index (χ2v) is 5.71. The molecule has 1 N–H and O–H groups in total. The van der Waals surface area contributed by atoms with Gasteiger partial charge in [-0.15, -0.1) is 0 Å². The number of nitrogens with one attached hydrogen (secondary N) is 1. The van der Waals surface area contributed by atoms with Gasteiger partial charge in [-0.1, -0.05) is 35.9 Å². The van der Waals surface area contributed by atoms with Crippen molar-refractivity contribution in [3.63, 3.8) is 0 Å². The molecule has 1 amide bonds. The lowest BCUT2D eigenvalue weighted by Crippen LogP contribution is -2.22. The minimum absolute atomic E-state index is 0.234. The van der Waals surface area contributed by atoms with E-state index in [1.54, 1.807) is 36.5 Å². The molecule has 1 heterocycles. The number of carbonyl (C=O) groups is 1. The number of hydrogen-bond acceptors (Lipinski definition) is 2. The molecule has 5 heteroatoms. The number of carbonyl (C=O) groups excluding carboxylic acids is 1. The van der Waals surface area contributed by atoms with Gasteiger partial charge in [0, 0.05) is 29.5 Å². The van der Waals surface area contributed by atoms with Crippen LogP contribution in [0.4, 0.5) is 4.39 Å². The van der Waals surface area contributed by atoms with E-state index in [0.717, 1.165) is 16.7 Å². The summed E-state index contributed by atoms with van der Waals surface area (Å²) >= 11 is 5.89. The number of benzene rings is 2. The molecule has 0 unspecified atom stereocenters. The van der Waals surface area contributed by atoms with Crippen molar-refractivity contribution in [3.8, 4) is 11.1 Å². The van der Waals surface area contributed by atoms with E-state index in [9.17, 15) is 9.18 Å². The largest absolute Gasteiger partial charge is 0.348 e. The van der Waals surface area contributed by atoms with Crippen molar-refractivity contribution in [2.45, 2.75) is 6.54 Å². The Bertz CT molecular complexity index is 848. The fourth-order valence-corrected chi connectivity index (χ4v) is 2.38. The van der Waals surface area contributed by atoms with Gasteiger partial charge in [0.15, 0.2) is 0 Å². The van der Waals surface area contributed by atoms with Crippen molar-refractivity contribution in [3.05, 3.63) is 89.0 Å². The van der Waals surface area contributed by atoms with Crippen LogP contribution in [0.25, 0.3) is 11.1 Å². The van der Waals surface area contributed by atoms with Crippen molar-refractivity contribution in [2.24, 2.45) is 0 Å². The molecule has 0 bridgehead atoms. The second kappa shape index (κ2) is 7.23. The van der Waals surface area contributed by atoms with Crippen molar-refractivity contribution in [2.75, 3.05) is 0 Å². The Morgan fingerprint density at radius 1 is 1.00 bits per heavy atom. The summed E-state index contributed by atoms with van der Waals surface area (Å²) in [4.78, 5) is 16.4. The van der Waals surface area contributed by atoms with Gasteiger partial charge < -0.3 is 5.32 Å². The molecule has 0 spiro atoms. The van der Waals surface area contributed by atoms with E-state index in [0.29, 0.717) is 17.1 Å². The SMILES string of the molecule is O=C(NCc1ccc(F)cc1)c1cncc(-c2ccc(Cl)cc2)c1. The molecule has 24 heavy (non-hydrogen) atoms. The number of halogens is 2. The van der Waals surface area contributed by atoms with Crippen molar-refractivity contribution >= 4 is 17.5 Å². The molecule has 0 aliphatic rings. The first-order chi connectivity index (χ1) is 11.6. The Morgan fingerprint density at radius 2 is 1.71 bits per heavy atom. The van der Waals surface area contributed by atoms with E-state index >= 15 is 0 Å². The van der Waals surface area contributed by atoms with Gasteiger partial charge in [-0.3, -0.25) is 9.78 Å². The first kappa shape index (κ1) is 16.1. The highest BCUT2D eigenvalue weighted by molar-refractivity contribution is 6.30. The van der Waals surface area contributed by atoms with Crippen LogP contribution in [0.15, 0.2) is 67.0 Å². The van der Waals surface area contributed by atoms with Crippen LogP contribution in [-0.2, 0) is 6.54 Å². The maximum absolute atomic E-state index is 12.9. The van der Waals surface area contributed by atoms with Gasteiger partial charge in [0.25, 0.3) is 5.91 Å². The molecular weight excluding hydrogens is 327 g/mol. The number of rotatable bonds is 4. The summed E-state index contributed by atoms with van der Waals surface area (Å²) in [5, 5.41) is 3.45. The van der Waals surface area contributed by atoms with Crippen molar-refractivity contribution in [1.82, 2.24) is 10.3 Å². The molecule has 0 saturated carbocycles. The molecule has 0 aliphatic heterocycles. The van der Waals surface area contributed by atoms with Gasteiger partial charge in [-0.25, -0.2) is 4.39 Å². The molecule has 1 aromatic heterocycles. The smallest absolute Gasteiger partial charge is 0.253 e. The minimum Gasteiger partial charge on any atom is -0.348 e. The molecule has 3 nitrogen and oxygen atoms in total. The van der Waals surface area contributed by atoms with Crippen LogP contribution in [0.3, 0.4) is 0 Å². The molecule has 0 fully saturated rings. The highest BCUT2D eigenvalue weighted by Crippen LogP contribution is 2.21. The van der Waals surface area contributed by atoms with Crippen LogP contribution in [-0.4, -0.2) is 10.9 Å². The molecule has 2 aromatic carbocycles. The van der Waals surface area contributed by atoms with Crippen molar-refractivity contribution in [1.29, 1.82) is 0 Å². The summed E-state index contributed by atoms with van der Waals surface area (Å²) < 4.78 is 12.9. The van der Waals surface area contributed by atoms with Gasteiger partial charge in [-0.05, 0) is 41.5 Å². The number of hydrogen-bond donors (Lipinski definition) is 1. The molecule has 3 rings (SSSR count). The maximum Gasteiger partial charge on any atom is 0.253 e. The normalized spacial score (nSPS) is 10.4. The fourth-order valence-electron chi connectivity index (χ4n) is 2.25. The third-order valence-corrected chi connectivity index (χ3v) is 3.80. The van der Waals surface area contributed by atoms with E-state index in [4.69, 9.17) is 11.6 Å². The van der Waals surface area contributed by atoms with E-state index in [2.05, 4.69) is 10.3 Å². The lowest BCUT2D eigenvalue weighted by molar-refractivity contribution is 0.0950. The summed E-state index contributed by atoms with van der Waals surface area (Å²) in [6.07, 6.45) is 3.21. The summed E-state index contributed by atoms with van der Waals surface area (Å²) in [6, 6.07) is 15.1. The zero-order valence-corrected chi connectivity index (χ0v) is 13.4. The average Bonchev–Trinajstić information content (AvgIpc) is 2.62. The van der Waals surface area contributed by atoms with Gasteiger partial charge in [0.05, 0.1) is 5.56 Å². The standard InChI is InChI=1S/C19H14ClFN2O/c20-17-5-3-14(4-6-17)15-9-16(12-22-11-15)19(24)23-10-13-1-7-18(21)8-2-13/h1-9,11-12H,10H2,(H,23,24). The highest BCUT2D eigenvalue weighted by Gasteiger charge is 2.08. The third-order valence-electron chi connectivity index (χ3n) is 3.54. The summed E-state index contributed by atoms with van der Waals surface area (Å²) in [5.41, 5.74) is 3.05. The van der Waals surface area contributed by atoms with Crippen LogP contribution in [0.2, 0.25) is 5.02 Å². The summed E-state index contributed by atoms with van der Waals surface area (Å²) in [7, 11) is 0. The number of pyridine rings is 1. The molecule has 3 aromatic rings. The Labute approximate surface area is 144 Å². The number of aromatic nitrogens is 1. The van der Waals surface area contributed by atoms with Crippen molar-refractivity contribution < 1.29 is 9.18 Å². The Balaban J connectivity index is 1.72. The monoisotopic (exact) mass is 340 g/mol. The first-order valence-corrected chi connectivity index (χ1v) is 7.73. The molecule has 0 aliphatic carbocycles. The minimum atomic E-state index is -0.301. The zero-order valence-electron chi connectivity index (χ0n) is 12.7. The van der Waals surface area contributed by atoms with Gasteiger partial charge in [-0.2, -0.15) is 0 Å². The molecule has 0 saturated heterocycles. The molecule has 0 atom stereocenters. The Hall–Kier alpha value is -2.72. The van der Waals surface area contributed by atoms with Crippen LogP contribution in [0, 0.1) is 5.82 Å². The average molecular weight is 341 g/mol. The highest BCUT2D eigenvalue weighted by atomic mass is 35.5. The fraction of sp³-hybridized carbons (Fsp3) is 0.0526. The number of amides is 1.